The van der Waals surface area contributed by atoms with Crippen LogP contribution in [0, 0.1) is 17.3 Å². The Morgan fingerprint density at radius 2 is 1.53 bits per heavy atom. The van der Waals surface area contributed by atoms with E-state index < -0.39 is 5.97 Å². The molecule has 2 aliphatic heterocycles. The summed E-state index contributed by atoms with van der Waals surface area (Å²) >= 11 is 0. The third kappa shape index (κ3) is 4.12. The maximum absolute atomic E-state index is 12.1. The number of carbonyl (C=O) groups is 1. The van der Waals surface area contributed by atoms with Gasteiger partial charge in [0.2, 0.25) is 0 Å². The Balaban J connectivity index is 1.33. The molecule has 2 heterocycles. The van der Waals surface area contributed by atoms with Crippen LogP contribution < -0.4 is 0 Å². The van der Waals surface area contributed by atoms with Crippen molar-refractivity contribution in [1.29, 1.82) is 0 Å². The van der Waals surface area contributed by atoms with E-state index in [4.69, 9.17) is 18.9 Å². The minimum atomic E-state index is -0.869. The molecule has 1 N–H and O–H groups in total. The fraction of sp³-hybridized carbons (Fsp3) is 0.885. The van der Waals surface area contributed by atoms with Gasteiger partial charge >= 0.3 is 5.97 Å². The third-order valence-electron chi connectivity index (χ3n) is 9.23. The van der Waals surface area contributed by atoms with Crippen molar-refractivity contribution in [3.05, 3.63) is 11.3 Å². The van der Waals surface area contributed by atoms with Crippen LogP contribution in [-0.4, -0.2) is 54.3 Å². The van der Waals surface area contributed by atoms with Crippen LogP contribution in [0.4, 0.5) is 0 Å². The van der Waals surface area contributed by atoms with Crippen molar-refractivity contribution >= 4 is 5.97 Å². The first-order valence-electron chi connectivity index (χ1n) is 12.6. The molecule has 4 unspecified atom stereocenters. The van der Waals surface area contributed by atoms with Crippen LogP contribution in [0.15, 0.2) is 11.3 Å². The number of aliphatic carboxylic acids is 1. The van der Waals surface area contributed by atoms with E-state index in [1.165, 1.54) is 6.42 Å². The molecule has 0 spiro atoms. The number of rotatable bonds is 10. The van der Waals surface area contributed by atoms with Gasteiger partial charge in [-0.25, -0.2) is 4.79 Å². The lowest BCUT2D eigenvalue weighted by atomic mass is 9.47. The molecule has 0 aromatic heterocycles. The average Bonchev–Trinajstić information content (AvgIpc) is 2.66. The van der Waals surface area contributed by atoms with Gasteiger partial charge in [-0.3, -0.25) is 0 Å². The number of ether oxygens (including phenoxy) is 4. The molecule has 4 saturated carbocycles. The number of allylic oxidation sites excluding steroid dienone is 1. The normalized spacial score (nSPS) is 45.1. The molecule has 4 aliphatic carbocycles. The van der Waals surface area contributed by atoms with E-state index in [0.29, 0.717) is 24.0 Å². The lowest BCUT2D eigenvalue weighted by Gasteiger charge is -2.62. The minimum Gasteiger partial charge on any atom is -0.497 e. The molecular weight excluding hydrogens is 408 g/mol. The molecule has 2 saturated heterocycles. The lowest BCUT2D eigenvalue weighted by Crippen LogP contribution is -2.58. The summed E-state index contributed by atoms with van der Waals surface area (Å²) < 4.78 is 24.6. The number of hydrogen-bond acceptors (Lipinski definition) is 5. The molecule has 180 valence electrons. The Morgan fingerprint density at radius 1 is 0.969 bits per heavy atom. The van der Waals surface area contributed by atoms with Crippen LogP contribution >= 0.6 is 0 Å². The Bertz CT molecular complexity index is 763. The molecule has 6 fully saturated rings. The molecule has 32 heavy (non-hydrogen) atoms. The molecular formula is C26H40O6. The molecule has 0 aromatic carbocycles. The first kappa shape index (κ1) is 22.7. The minimum absolute atomic E-state index is 0.0201. The van der Waals surface area contributed by atoms with Crippen molar-refractivity contribution in [1.82, 2.24) is 0 Å². The van der Waals surface area contributed by atoms with Crippen LogP contribution in [-0.2, 0) is 23.7 Å². The molecule has 0 amide bonds. The topological polar surface area (TPSA) is 74.2 Å². The van der Waals surface area contributed by atoms with Gasteiger partial charge in [-0.1, -0.05) is 0 Å². The summed E-state index contributed by atoms with van der Waals surface area (Å²) in [5, 5.41) is 9.89. The summed E-state index contributed by atoms with van der Waals surface area (Å²) in [6, 6.07) is 0. The zero-order valence-electron chi connectivity index (χ0n) is 20.0. The highest BCUT2D eigenvalue weighted by Gasteiger charge is 2.61. The highest BCUT2D eigenvalue weighted by molar-refractivity contribution is 5.86. The van der Waals surface area contributed by atoms with Crippen molar-refractivity contribution in [2.45, 2.75) is 102 Å². The maximum atomic E-state index is 12.1. The first-order chi connectivity index (χ1) is 15.1. The Kier molecular flexibility index (Phi) is 5.66. The molecule has 6 rings (SSSR count). The van der Waals surface area contributed by atoms with Gasteiger partial charge in [0.25, 0.3) is 0 Å². The van der Waals surface area contributed by atoms with Crippen LogP contribution in [0.1, 0.15) is 85.0 Å². The van der Waals surface area contributed by atoms with Crippen molar-refractivity contribution < 1.29 is 28.8 Å². The number of carboxylic acid groups (broad SMARTS) is 1. The van der Waals surface area contributed by atoms with Crippen molar-refractivity contribution in [2.24, 2.45) is 17.3 Å². The van der Waals surface area contributed by atoms with E-state index in [2.05, 4.69) is 13.8 Å². The van der Waals surface area contributed by atoms with E-state index in [-0.39, 0.29) is 22.2 Å². The zero-order chi connectivity index (χ0) is 22.6. The van der Waals surface area contributed by atoms with E-state index in [9.17, 15) is 9.90 Å². The second-order valence-electron chi connectivity index (χ2n) is 12.0. The van der Waals surface area contributed by atoms with Gasteiger partial charge in [-0.05, 0) is 90.4 Å². The van der Waals surface area contributed by atoms with Crippen molar-refractivity contribution in [2.75, 3.05) is 26.4 Å². The SMILES string of the molecule is CC(C(=O)O)=C(OCCC1(C)CCO1)C12CC3CC(CC(OCCC4(C)CCO4)(C3)C1)C2. The van der Waals surface area contributed by atoms with Crippen LogP contribution in [0.5, 0.6) is 0 Å². The second-order valence-corrected chi connectivity index (χ2v) is 12.0. The summed E-state index contributed by atoms with van der Waals surface area (Å²) in [4.78, 5) is 12.1. The summed E-state index contributed by atoms with van der Waals surface area (Å²) in [7, 11) is 0. The van der Waals surface area contributed by atoms with E-state index in [1.807, 2.05) is 0 Å². The van der Waals surface area contributed by atoms with Crippen molar-refractivity contribution in [3.63, 3.8) is 0 Å². The van der Waals surface area contributed by atoms with E-state index in [1.54, 1.807) is 6.92 Å². The zero-order valence-corrected chi connectivity index (χ0v) is 20.0. The second kappa shape index (κ2) is 7.99. The average molecular weight is 449 g/mol. The fourth-order valence-corrected chi connectivity index (χ4v) is 7.52. The molecule has 4 bridgehead atoms. The Labute approximate surface area is 192 Å². The van der Waals surface area contributed by atoms with Gasteiger partial charge in [0.1, 0.15) is 5.76 Å². The predicted octanol–water partition coefficient (Wildman–Crippen LogP) is 4.86. The Hall–Kier alpha value is -1.11. The number of carboxylic acids is 1. The lowest BCUT2D eigenvalue weighted by molar-refractivity contribution is -0.208. The summed E-state index contributed by atoms with van der Waals surface area (Å²) in [6.07, 6.45) is 10.3. The molecule has 6 aliphatic rings. The molecule has 4 atom stereocenters. The number of hydrogen-bond donors (Lipinski definition) is 1. The molecule has 6 heteroatoms. The standard InChI is InChI=1S/C26H40O6/c1-18(22(27)28)21(29-8-4-23(2)5-9-30-23)25-13-19-12-20(14-25)16-26(15-19,17-25)32-11-7-24(3)6-10-31-24/h19-20H,4-17H2,1-3H3,(H,27,28). The van der Waals surface area contributed by atoms with E-state index in [0.717, 1.165) is 83.4 Å². The summed E-state index contributed by atoms with van der Waals surface area (Å²) in [5.41, 5.74) is -0.107. The predicted molar refractivity (Wildman–Crippen MR) is 119 cm³/mol. The third-order valence-corrected chi connectivity index (χ3v) is 9.23. The summed E-state index contributed by atoms with van der Waals surface area (Å²) in [6.45, 7) is 8.92. The van der Waals surface area contributed by atoms with Gasteiger partial charge in [-0.15, -0.1) is 0 Å². The smallest absolute Gasteiger partial charge is 0.334 e. The van der Waals surface area contributed by atoms with Gasteiger partial charge in [-0.2, -0.15) is 0 Å². The molecule has 0 aromatic rings. The van der Waals surface area contributed by atoms with Crippen LogP contribution in [0.3, 0.4) is 0 Å². The van der Waals surface area contributed by atoms with Gasteiger partial charge < -0.3 is 24.1 Å². The van der Waals surface area contributed by atoms with Gasteiger partial charge in [0.05, 0.1) is 48.8 Å². The van der Waals surface area contributed by atoms with Crippen molar-refractivity contribution in [3.8, 4) is 0 Å². The summed E-state index contributed by atoms with van der Waals surface area (Å²) in [5.74, 6) is 1.05. The fourth-order valence-electron chi connectivity index (χ4n) is 7.52. The quantitative estimate of drug-likeness (QED) is 0.380. The van der Waals surface area contributed by atoms with E-state index >= 15 is 0 Å². The van der Waals surface area contributed by atoms with Crippen LogP contribution in [0.25, 0.3) is 0 Å². The largest absolute Gasteiger partial charge is 0.497 e. The monoisotopic (exact) mass is 448 g/mol. The highest BCUT2D eigenvalue weighted by Crippen LogP contribution is 2.65. The maximum Gasteiger partial charge on any atom is 0.334 e. The Morgan fingerprint density at radius 3 is 2.03 bits per heavy atom. The van der Waals surface area contributed by atoms with Crippen LogP contribution in [0.2, 0.25) is 0 Å². The van der Waals surface area contributed by atoms with Gasteiger partial charge in [0.15, 0.2) is 0 Å². The highest BCUT2D eigenvalue weighted by atomic mass is 16.5. The molecule has 0 radical (unpaired) electrons. The van der Waals surface area contributed by atoms with Gasteiger partial charge in [0, 0.05) is 11.8 Å². The first-order valence-corrected chi connectivity index (χ1v) is 12.6. The molecule has 6 nitrogen and oxygen atoms in total.